The Kier molecular flexibility index (Phi) is 4.29. The zero-order valence-corrected chi connectivity index (χ0v) is 13.6. The highest BCUT2D eigenvalue weighted by Crippen LogP contribution is 2.35. The van der Waals surface area contributed by atoms with Crippen molar-refractivity contribution < 1.29 is 19.1 Å². The molecule has 0 radical (unpaired) electrons. The van der Waals surface area contributed by atoms with Crippen molar-refractivity contribution in [3.8, 4) is 5.75 Å². The van der Waals surface area contributed by atoms with Crippen LogP contribution >= 0.6 is 11.3 Å². The van der Waals surface area contributed by atoms with Crippen LogP contribution in [0.4, 0.5) is 5.13 Å². The molecule has 0 spiro atoms. The summed E-state index contributed by atoms with van der Waals surface area (Å²) in [4.78, 5) is 30.0. The van der Waals surface area contributed by atoms with Gasteiger partial charge in [0.15, 0.2) is 10.8 Å². The molecule has 2 heterocycles. The maximum atomic E-state index is 12.7. The number of carbonyl (C=O) groups excluding carboxylic acids is 2. The molecule has 0 N–H and O–H groups in total. The summed E-state index contributed by atoms with van der Waals surface area (Å²) in [5.74, 6) is -0.207. The van der Waals surface area contributed by atoms with Gasteiger partial charge in [0, 0.05) is 18.0 Å². The van der Waals surface area contributed by atoms with Crippen molar-refractivity contribution in [1.29, 1.82) is 0 Å². The summed E-state index contributed by atoms with van der Waals surface area (Å²) in [5, 5.41) is 2.05. The van der Waals surface area contributed by atoms with E-state index >= 15 is 0 Å². The van der Waals surface area contributed by atoms with Gasteiger partial charge in [-0.05, 0) is 13.0 Å². The summed E-state index contributed by atoms with van der Waals surface area (Å²) in [7, 11) is 1.65. The van der Waals surface area contributed by atoms with Crippen molar-refractivity contribution in [2.24, 2.45) is 0 Å². The van der Waals surface area contributed by atoms with Gasteiger partial charge in [-0.3, -0.25) is 9.69 Å². The van der Waals surface area contributed by atoms with Crippen molar-refractivity contribution in [1.82, 2.24) is 4.98 Å². The summed E-state index contributed by atoms with van der Waals surface area (Å²) >= 11 is 1.23. The second-order valence-corrected chi connectivity index (χ2v) is 5.87. The van der Waals surface area contributed by atoms with Crippen LogP contribution in [0.5, 0.6) is 5.75 Å². The third-order valence-electron chi connectivity index (χ3n) is 3.59. The lowest BCUT2D eigenvalue weighted by atomic mass is 10.0. The van der Waals surface area contributed by atoms with Crippen molar-refractivity contribution in [3.63, 3.8) is 0 Å². The molecule has 6 nitrogen and oxygen atoms in total. The molecule has 23 heavy (non-hydrogen) atoms. The van der Waals surface area contributed by atoms with Gasteiger partial charge in [-0.15, -0.1) is 11.3 Å². The molecule has 0 saturated carbocycles. The van der Waals surface area contributed by atoms with Gasteiger partial charge in [-0.25, -0.2) is 9.78 Å². The fraction of sp³-hybridized carbons (Fsp3) is 0.312. The second kappa shape index (κ2) is 6.37. The van der Waals surface area contributed by atoms with Crippen molar-refractivity contribution in [2.75, 3.05) is 25.2 Å². The lowest BCUT2D eigenvalue weighted by Gasteiger charge is -2.17. The summed E-state index contributed by atoms with van der Waals surface area (Å²) in [6.07, 6.45) is 0. The molecule has 0 fully saturated rings. The number of thiazole rings is 1. The van der Waals surface area contributed by atoms with Crippen molar-refractivity contribution >= 4 is 28.3 Å². The van der Waals surface area contributed by atoms with Crippen molar-refractivity contribution in [3.05, 3.63) is 40.9 Å². The fourth-order valence-electron chi connectivity index (χ4n) is 2.41. The van der Waals surface area contributed by atoms with Gasteiger partial charge in [0.25, 0.3) is 0 Å². The molecular weight excluding hydrogens is 316 g/mol. The summed E-state index contributed by atoms with van der Waals surface area (Å²) < 4.78 is 10.5. The first-order valence-electron chi connectivity index (χ1n) is 7.23. The molecule has 3 rings (SSSR count). The number of benzene rings is 1. The van der Waals surface area contributed by atoms with E-state index in [2.05, 4.69) is 4.98 Å². The summed E-state index contributed by atoms with van der Waals surface area (Å²) in [6.45, 7) is 2.34. The molecule has 1 aromatic heterocycles. The number of likely N-dealkylation sites (N-methyl/N-ethyl adjacent to an activating group) is 1. The smallest absolute Gasteiger partial charge is 0.357 e. The van der Waals surface area contributed by atoms with E-state index in [1.165, 1.54) is 16.2 Å². The van der Waals surface area contributed by atoms with Crippen LogP contribution in [0, 0.1) is 0 Å². The Bertz CT molecular complexity index is 743. The predicted octanol–water partition coefficient (Wildman–Crippen LogP) is 2.46. The molecule has 1 aliphatic rings. The maximum absolute atomic E-state index is 12.7. The molecule has 0 unspecified atom stereocenters. The van der Waals surface area contributed by atoms with Crippen LogP contribution in [0.1, 0.15) is 28.9 Å². The van der Waals surface area contributed by atoms with E-state index in [0.29, 0.717) is 11.7 Å². The molecule has 1 atom stereocenters. The van der Waals surface area contributed by atoms with Gasteiger partial charge in [-0.2, -0.15) is 0 Å². The normalized spacial score (nSPS) is 15.7. The van der Waals surface area contributed by atoms with E-state index in [1.54, 1.807) is 19.4 Å². The highest BCUT2D eigenvalue weighted by atomic mass is 32.1. The standard InChI is InChI=1S/C16H16N2O4S/c1-3-21-15(20)12-9-23-16(17-12)18(2)14(19)11-8-22-13-7-5-4-6-10(11)13/h4-7,9,11H,3,8H2,1-2H3/t11-/m1/s1. The van der Waals surface area contributed by atoms with E-state index < -0.39 is 5.97 Å². The Morgan fingerprint density at radius 2 is 2.22 bits per heavy atom. The minimum Gasteiger partial charge on any atom is -0.492 e. The first kappa shape index (κ1) is 15.5. The van der Waals surface area contributed by atoms with Gasteiger partial charge in [0.2, 0.25) is 5.91 Å². The summed E-state index contributed by atoms with van der Waals surface area (Å²) in [6, 6.07) is 7.51. The SMILES string of the molecule is CCOC(=O)c1csc(N(C)C(=O)[C@@H]2COc3ccccc32)n1. The number of anilines is 1. The van der Waals surface area contributed by atoms with E-state index in [-0.39, 0.29) is 24.1 Å². The number of para-hydroxylation sites is 1. The molecule has 0 bridgehead atoms. The van der Waals surface area contributed by atoms with Crippen LogP contribution in [0.15, 0.2) is 29.6 Å². The van der Waals surface area contributed by atoms with Crippen molar-refractivity contribution in [2.45, 2.75) is 12.8 Å². The molecular formula is C16H16N2O4S. The van der Waals surface area contributed by atoms with Gasteiger partial charge in [-0.1, -0.05) is 18.2 Å². The van der Waals surface area contributed by atoms with Crippen LogP contribution in [0.3, 0.4) is 0 Å². The number of ether oxygens (including phenoxy) is 2. The Morgan fingerprint density at radius 1 is 1.43 bits per heavy atom. The zero-order valence-electron chi connectivity index (χ0n) is 12.8. The maximum Gasteiger partial charge on any atom is 0.357 e. The number of carbonyl (C=O) groups is 2. The number of rotatable bonds is 4. The van der Waals surface area contributed by atoms with E-state index in [4.69, 9.17) is 9.47 Å². The lowest BCUT2D eigenvalue weighted by molar-refractivity contribution is -0.119. The highest BCUT2D eigenvalue weighted by Gasteiger charge is 2.33. The minimum absolute atomic E-state index is 0.111. The highest BCUT2D eigenvalue weighted by molar-refractivity contribution is 7.14. The van der Waals surface area contributed by atoms with Gasteiger partial charge in [0.05, 0.1) is 6.61 Å². The molecule has 120 valence electrons. The first-order chi connectivity index (χ1) is 11.1. The molecule has 7 heteroatoms. The van der Waals surface area contributed by atoms with Crippen LogP contribution < -0.4 is 9.64 Å². The Hall–Kier alpha value is -2.41. The van der Waals surface area contributed by atoms with E-state index in [1.807, 2.05) is 24.3 Å². The average Bonchev–Trinajstić information content (AvgIpc) is 3.21. The summed E-state index contributed by atoms with van der Waals surface area (Å²) in [5.41, 5.74) is 1.10. The number of hydrogen-bond acceptors (Lipinski definition) is 6. The molecule has 2 aromatic rings. The van der Waals surface area contributed by atoms with E-state index in [9.17, 15) is 9.59 Å². The van der Waals surface area contributed by atoms with E-state index in [0.717, 1.165) is 11.3 Å². The Balaban J connectivity index is 1.77. The van der Waals surface area contributed by atoms with Crippen LogP contribution in [0.2, 0.25) is 0 Å². The predicted molar refractivity (Wildman–Crippen MR) is 86.2 cm³/mol. The Morgan fingerprint density at radius 3 is 3.00 bits per heavy atom. The lowest BCUT2D eigenvalue weighted by Crippen LogP contribution is -2.32. The van der Waals surface area contributed by atoms with Gasteiger partial charge >= 0.3 is 5.97 Å². The molecule has 1 amide bonds. The van der Waals surface area contributed by atoms with Crippen LogP contribution in [-0.4, -0.2) is 37.1 Å². The first-order valence-corrected chi connectivity index (χ1v) is 8.11. The van der Waals surface area contributed by atoms with Gasteiger partial charge in [0.1, 0.15) is 18.3 Å². The number of nitrogens with zero attached hydrogens (tertiary/aromatic N) is 2. The molecule has 1 aromatic carbocycles. The quantitative estimate of drug-likeness (QED) is 0.805. The third kappa shape index (κ3) is 2.92. The third-order valence-corrected chi connectivity index (χ3v) is 4.51. The molecule has 0 saturated heterocycles. The van der Waals surface area contributed by atoms with Crippen LogP contribution in [0.25, 0.3) is 0 Å². The number of esters is 1. The average molecular weight is 332 g/mol. The van der Waals surface area contributed by atoms with Gasteiger partial charge < -0.3 is 9.47 Å². The second-order valence-electron chi connectivity index (χ2n) is 5.03. The zero-order chi connectivity index (χ0) is 16.4. The monoisotopic (exact) mass is 332 g/mol. The Labute approximate surface area is 137 Å². The fourth-order valence-corrected chi connectivity index (χ4v) is 3.18. The van der Waals surface area contributed by atoms with Crippen LogP contribution in [-0.2, 0) is 9.53 Å². The number of hydrogen-bond donors (Lipinski definition) is 0. The number of amides is 1. The minimum atomic E-state index is -0.481. The molecule has 1 aliphatic heterocycles. The topological polar surface area (TPSA) is 68.7 Å². The number of aromatic nitrogens is 1. The largest absolute Gasteiger partial charge is 0.492 e. The number of fused-ring (bicyclic) bond motifs is 1. The molecule has 0 aliphatic carbocycles.